The van der Waals surface area contributed by atoms with Crippen LogP contribution in [0.1, 0.15) is 21.8 Å². The number of nitrogens with zero attached hydrogens (tertiary/aromatic N) is 2. The van der Waals surface area contributed by atoms with Gasteiger partial charge in [0.15, 0.2) is 0 Å². The van der Waals surface area contributed by atoms with Gasteiger partial charge in [-0.25, -0.2) is 5.43 Å². The van der Waals surface area contributed by atoms with Crippen molar-refractivity contribution in [3.63, 3.8) is 0 Å². The fourth-order valence-electron chi connectivity index (χ4n) is 2.22. The third-order valence-electron chi connectivity index (χ3n) is 3.59. The van der Waals surface area contributed by atoms with Crippen LogP contribution in [0.25, 0.3) is 11.3 Å². The first-order valence-electron chi connectivity index (χ1n) is 7.76. The van der Waals surface area contributed by atoms with E-state index in [0.717, 1.165) is 11.3 Å². The third kappa shape index (κ3) is 4.10. The smallest absolute Gasteiger partial charge is 0.272 e. The molecule has 0 unspecified atom stereocenters. The minimum Gasteiger partial charge on any atom is -0.495 e. The Morgan fingerprint density at radius 3 is 2.81 bits per heavy atom. The normalized spacial score (nSPS) is 10.9. The van der Waals surface area contributed by atoms with Gasteiger partial charge in [0.2, 0.25) is 0 Å². The molecule has 0 aliphatic carbocycles. The Labute approximate surface area is 155 Å². The number of halogens is 1. The second kappa shape index (κ2) is 7.84. The lowest BCUT2D eigenvalue weighted by molar-refractivity contribution is 0.0954. The van der Waals surface area contributed by atoms with E-state index in [9.17, 15) is 4.79 Å². The van der Waals surface area contributed by atoms with E-state index in [2.05, 4.69) is 15.5 Å². The van der Waals surface area contributed by atoms with E-state index in [4.69, 9.17) is 20.8 Å². The summed E-state index contributed by atoms with van der Waals surface area (Å²) in [7, 11) is 1.56. The first-order chi connectivity index (χ1) is 12.6. The molecule has 0 spiro atoms. The summed E-state index contributed by atoms with van der Waals surface area (Å²) in [6, 6.07) is 12.4. The van der Waals surface area contributed by atoms with Crippen molar-refractivity contribution < 1.29 is 13.9 Å². The number of nitrogens with one attached hydrogen (secondary N) is 1. The van der Waals surface area contributed by atoms with Gasteiger partial charge in [0, 0.05) is 17.5 Å². The molecule has 0 aliphatic rings. The zero-order valence-electron chi connectivity index (χ0n) is 14.2. The molecule has 0 saturated heterocycles. The number of ether oxygens (including phenoxy) is 1. The van der Waals surface area contributed by atoms with Crippen molar-refractivity contribution in [2.75, 3.05) is 7.11 Å². The summed E-state index contributed by atoms with van der Waals surface area (Å²) in [6.45, 7) is 1.85. The predicted octanol–water partition coefficient (Wildman–Crippen LogP) is 4.08. The summed E-state index contributed by atoms with van der Waals surface area (Å²) in [6.07, 6.45) is 2.92. The molecule has 0 atom stereocenters. The van der Waals surface area contributed by atoms with Crippen LogP contribution in [-0.4, -0.2) is 24.2 Å². The Morgan fingerprint density at radius 2 is 2.12 bits per heavy atom. The molecule has 26 heavy (non-hydrogen) atoms. The van der Waals surface area contributed by atoms with Crippen LogP contribution < -0.4 is 10.2 Å². The molecule has 1 N–H and O–H groups in total. The molecule has 132 valence electrons. The van der Waals surface area contributed by atoms with Crippen molar-refractivity contribution in [3.8, 4) is 17.1 Å². The number of hydrogen-bond donors (Lipinski definition) is 1. The SMILES string of the molecule is COc1ccc(-c2ccc(/C=N\NC(=O)c3ccc(C)nc3)o2)cc1Cl. The summed E-state index contributed by atoms with van der Waals surface area (Å²) in [5, 5.41) is 4.40. The molecule has 0 saturated carbocycles. The highest BCUT2D eigenvalue weighted by Gasteiger charge is 2.08. The lowest BCUT2D eigenvalue weighted by Crippen LogP contribution is -2.17. The van der Waals surface area contributed by atoms with Crippen LogP contribution in [-0.2, 0) is 0 Å². The highest BCUT2D eigenvalue weighted by molar-refractivity contribution is 6.32. The third-order valence-corrected chi connectivity index (χ3v) is 3.89. The number of aryl methyl sites for hydroxylation is 1. The van der Waals surface area contributed by atoms with Gasteiger partial charge in [-0.1, -0.05) is 11.6 Å². The van der Waals surface area contributed by atoms with Crippen LogP contribution in [0.3, 0.4) is 0 Å². The average Bonchev–Trinajstić information content (AvgIpc) is 3.11. The molecule has 2 heterocycles. The molecule has 3 aromatic rings. The number of furan rings is 1. The minimum absolute atomic E-state index is 0.345. The van der Waals surface area contributed by atoms with Gasteiger partial charge in [-0.05, 0) is 49.4 Å². The Morgan fingerprint density at radius 1 is 1.27 bits per heavy atom. The van der Waals surface area contributed by atoms with E-state index in [0.29, 0.717) is 27.9 Å². The topological polar surface area (TPSA) is 76.7 Å². The zero-order valence-corrected chi connectivity index (χ0v) is 14.9. The highest BCUT2D eigenvalue weighted by Crippen LogP contribution is 2.30. The number of hydrazone groups is 1. The molecule has 1 amide bonds. The Kier molecular flexibility index (Phi) is 5.34. The van der Waals surface area contributed by atoms with Crippen LogP contribution in [0.15, 0.2) is 58.2 Å². The van der Waals surface area contributed by atoms with Crippen molar-refractivity contribution in [1.29, 1.82) is 0 Å². The molecule has 0 bridgehead atoms. The van der Waals surface area contributed by atoms with Gasteiger partial charge in [-0.2, -0.15) is 5.10 Å². The van der Waals surface area contributed by atoms with Crippen molar-refractivity contribution in [1.82, 2.24) is 10.4 Å². The Balaban J connectivity index is 1.66. The number of aromatic nitrogens is 1. The molecule has 2 aromatic heterocycles. The Hall–Kier alpha value is -3.12. The van der Waals surface area contributed by atoms with Crippen LogP contribution in [0, 0.1) is 6.92 Å². The van der Waals surface area contributed by atoms with Crippen molar-refractivity contribution in [3.05, 3.63) is 70.7 Å². The van der Waals surface area contributed by atoms with E-state index < -0.39 is 0 Å². The van der Waals surface area contributed by atoms with Gasteiger partial charge >= 0.3 is 0 Å². The van der Waals surface area contributed by atoms with Crippen molar-refractivity contribution in [2.45, 2.75) is 6.92 Å². The number of carbonyl (C=O) groups is 1. The second-order valence-electron chi connectivity index (χ2n) is 5.44. The number of rotatable bonds is 5. The number of methoxy groups -OCH3 is 1. The van der Waals surface area contributed by atoms with Crippen LogP contribution in [0.5, 0.6) is 5.75 Å². The van der Waals surface area contributed by atoms with E-state index >= 15 is 0 Å². The van der Waals surface area contributed by atoms with Crippen LogP contribution >= 0.6 is 11.6 Å². The quantitative estimate of drug-likeness (QED) is 0.543. The summed E-state index contributed by atoms with van der Waals surface area (Å²) >= 11 is 6.13. The van der Waals surface area contributed by atoms with Gasteiger partial charge in [-0.3, -0.25) is 9.78 Å². The number of benzene rings is 1. The fourth-order valence-corrected chi connectivity index (χ4v) is 2.48. The van der Waals surface area contributed by atoms with Gasteiger partial charge in [0.05, 0.1) is 23.9 Å². The molecule has 0 aliphatic heterocycles. The summed E-state index contributed by atoms with van der Waals surface area (Å²) in [5.41, 5.74) is 4.51. The van der Waals surface area contributed by atoms with Crippen LogP contribution in [0.4, 0.5) is 0 Å². The largest absolute Gasteiger partial charge is 0.495 e. The van der Waals surface area contributed by atoms with E-state index in [1.165, 1.54) is 12.4 Å². The number of amides is 1. The van der Waals surface area contributed by atoms with E-state index in [1.54, 1.807) is 43.5 Å². The molecule has 1 aromatic carbocycles. The molecule has 0 fully saturated rings. The van der Waals surface area contributed by atoms with Gasteiger partial charge in [0.1, 0.15) is 17.3 Å². The molecule has 6 nitrogen and oxygen atoms in total. The monoisotopic (exact) mass is 369 g/mol. The first-order valence-corrected chi connectivity index (χ1v) is 8.14. The molecular formula is C19H16ClN3O3. The lowest BCUT2D eigenvalue weighted by atomic mass is 10.2. The minimum atomic E-state index is -0.345. The van der Waals surface area contributed by atoms with Gasteiger partial charge in [0.25, 0.3) is 5.91 Å². The first kappa shape index (κ1) is 17.7. The second-order valence-corrected chi connectivity index (χ2v) is 5.85. The van der Waals surface area contributed by atoms with Crippen molar-refractivity contribution in [2.24, 2.45) is 5.10 Å². The van der Waals surface area contributed by atoms with E-state index in [-0.39, 0.29) is 5.91 Å². The van der Waals surface area contributed by atoms with Gasteiger partial charge in [-0.15, -0.1) is 0 Å². The number of carbonyl (C=O) groups excluding carboxylic acids is 1. The fraction of sp³-hybridized carbons (Fsp3) is 0.105. The van der Waals surface area contributed by atoms with E-state index in [1.807, 2.05) is 13.0 Å². The highest BCUT2D eigenvalue weighted by atomic mass is 35.5. The standard InChI is InChI=1S/C19H16ClN3O3/c1-12-3-4-14(10-21-12)19(24)23-22-11-15-6-8-17(26-15)13-5-7-18(25-2)16(20)9-13/h3-11H,1-2H3,(H,23,24)/b22-11-. The molecular weight excluding hydrogens is 354 g/mol. The maximum atomic E-state index is 11.9. The van der Waals surface area contributed by atoms with Crippen molar-refractivity contribution >= 4 is 23.7 Å². The van der Waals surface area contributed by atoms with Crippen LogP contribution in [0.2, 0.25) is 5.02 Å². The number of pyridine rings is 1. The maximum absolute atomic E-state index is 11.9. The molecule has 0 radical (unpaired) electrons. The lowest BCUT2D eigenvalue weighted by Gasteiger charge is -2.04. The summed E-state index contributed by atoms with van der Waals surface area (Å²) in [5.74, 6) is 1.37. The molecule has 7 heteroatoms. The summed E-state index contributed by atoms with van der Waals surface area (Å²) < 4.78 is 10.8. The predicted molar refractivity (Wildman–Crippen MR) is 99.7 cm³/mol. The number of hydrogen-bond acceptors (Lipinski definition) is 5. The maximum Gasteiger partial charge on any atom is 0.272 e. The molecule has 3 rings (SSSR count). The zero-order chi connectivity index (χ0) is 18.5. The average molecular weight is 370 g/mol. The van der Waals surface area contributed by atoms with Gasteiger partial charge < -0.3 is 9.15 Å². The summed E-state index contributed by atoms with van der Waals surface area (Å²) in [4.78, 5) is 16.0. The Bertz CT molecular complexity index is 949.